The number of hydrogen-bond donors (Lipinski definition) is 0. The van der Waals surface area contributed by atoms with Crippen LogP contribution >= 0.6 is 0 Å². The molecular weight excluding hydrogens is 216 g/mol. The van der Waals surface area contributed by atoms with Gasteiger partial charge in [-0.25, -0.2) is 0 Å². The minimum absolute atomic E-state index is 0.625. The van der Waals surface area contributed by atoms with Crippen LogP contribution in [0.25, 0.3) is 10.8 Å². The molecule has 0 N–H and O–H groups in total. The van der Waals surface area contributed by atoms with Crippen LogP contribution in [-0.4, -0.2) is 0 Å². The summed E-state index contributed by atoms with van der Waals surface area (Å²) in [7, 11) is 0. The van der Waals surface area contributed by atoms with E-state index in [1.54, 1.807) is 0 Å². The normalized spacial score (nSPS) is 8.89. The first-order chi connectivity index (χ1) is 8.76. The standard InChI is InChI=1S/C18H8/c1-5-13-9-11-15-12-10-14(6-2)17(8-4)18(15)16(13)7-3/h1-4,9-12H. The minimum Gasteiger partial charge on any atom is -0.115 e. The zero-order valence-corrected chi connectivity index (χ0v) is 9.62. The predicted molar refractivity (Wildman–Crippen MR) is 75.7 cm³/mol. The van der Waals surface area contributed by atoms with E-state index in [2.05, 4.69) is 23.7 Å². The van der Waals surface area contributed by atoms with E-state index in [1.807, 2.05) is 24.3 Å². The molecule has 80 valence electrons. The third kappa shape index (κ3) is 1.51. The van der Waals surface area contributed by atoms with E-state index in [-0.39, 0.29) is 0 Å². The highest BCUT2D eigenvalue weighted by atomic mass is 14.1. The van der Waals surface area contributed by atoms with Crippen LogP contribution < -0.4 is 0 Å². The van der Waals surface area contributed by atoms with Crippen molar-refractivity contribution in [3.63, 3.8) is 0 Å². The highest BCUT2D eigenvalue weighted by molar-refractivity contribution is 5.96. The second-order valence-electron chi connectivity index (χ2n) is 3.65. The SMILES string of the molecule is C#Cc1ccc2ccc(C#C)c(C#C)c2c1C#C. The van der Waals surface area contributed by atoms with Crippen molar-refractivity contribution in [1.29, 1.82) is 0 Å². The van der Waals surface area contributed by atoms with Gasteiger partial charge in [0, 0.05) is 27.6 Å². The summed E-state index contributed by atoms with van der Waals surface area (Å²) >= 11 is 0. The van der Waals surface area contributed by atoms with Gasteiger partial charge in [-0.2, -0.15) is 0 Å². The monoisotopic (exact) mass is 224 g/mol. The lowest BCUT2D eigenvalue weighted by atomic mass is 9.93. The highest BCUT2D eigenvalue weighted by Gasteiger charge is 2.10. The molecule has 0 saturated heterocycles. The van der Waals surface area contributed by atoms with Crippen LogP contribution in [0.3, 0.4) is 0 Å². The van der Waals surface area contributed by atoms with Gasteiger partial charge in [0.15, 0.2) is 0 Å². The molecule has 0 radical (unpaired) electrons. The number of fused-ring (bicyclic) bond motifs is 1. The number of terminal acetylenes is 4. The van der Waals surface area contributed by atoms with Gasteiger partial charge in [0.25, 0.3) is 0 Å². The topological polar surface area (TPSA) is 0 Å². The first-order valence-electron chi connectivity index (χ1n) is 5.23. The summed E-state index contributed by atoms with van der Waals surface area (Å²) in [6.07, 6.45) is 22.0. The average molecular weight is 224 g/mol. The zero-order valence-electron chi connectivity index (χ0n) is 9.62. The Morgan fingerprint density at radius 1 is 0.611 bits per heavy atom. The van der Waals surface area contributed by atoms with E-state index in [4.69, 9.17) is 25.7 Å². The van der Waals surface area contributed by atoms with E-state index >= 15 is 0 Å². The molecule has 0 unspecified atom stereocenters. The second-order valence-corrected chi connectivity index (χ2v) is 3.65. The van der Waals surface area contributed by atoms with Gasteiger partial charge < -0.3 is 0 Å². The van der Waals surface area contributed by atoms with Gasteiger partial charge in [0.05, 0.1) is 0 Å². The first kappa shape index (κ1) is 11.4. The van der Waals surface area contributed by atoms with Crippen molar-refractivity contribution < 1.29 is 0 Å². The molecule has 2 aromatic rings. The smallest absolute Gasteiger partial charge is 0.0490 e. The Hall–Kier alpha value is -3.06. The quantitative estimate of drug-likeness (QED) is 0.604. The van der Waals surface area contributed by atoms with E-state index in [1.165, 1.54) is 0 Å². The fraction of sp³-hybridized carbons (Fsp3) is 0. The third-order valence-electron chi connectivity index (χ3n) is 2.79. The Morgan fingerprint density at radius 3 is 1.39 bits per heavy atom. The molecule has 0 fully saturated rings. The van der Waals surface area contributed by atoms with Crippen molar-refractivity contribution in [3.8, 4) is 49.4 Å². The van der Waals surface area contributed by atoms with Gasteiger partial charge >= 0.3 is 0 Å². The average Bonchev–Trinajstić information content (AvgIpc) is 2.44. The molecule has 0 aliphatic heterocycles. The Kier molecular flexibility index (Phi) is 2.82. The van der Waals surface area contributed by atoms with E-state index < -0.39 is 0 Å². The summed E-state index contributed by atoms with van der Waals surface area (Å²) in [4.78, 5) is 0. The van der Waals surface area contributed by atoms with Crippen molar-refractivity contribution in [2.75, 3.05) is 0 Å². The maximum Gasteiger partial charge on any atom is 0.0490 e. The van der Waals surface area contributed by atoms with Crippen LogP contribution in [0.5, 0.6) is 0 Å². The van der Waals surface area contributed by atoms with Crippen molar-refractivity contribution in [3.05, 3.63) is 46.5 Å². The molecule has 0 bridgehead atoms. The van der Waals surface area contributed by atoms with Crippen LogP contribution in [0, 0.1) is 49.4 Å². The molecular formula is C18H8. The van der Waals surface area contributed by atoms with E-state index in [0.29, 0.717) is 22.3 Å². The van der Waals surface area contributed by atoms with Crippen LogP contribution in [0.15, 0.2) is 24.3 Å². The van der Waals surface area contributed by atoms with Crippen molar-refractivity contribution in [2.24, 2.45) is 0 Å². The summed E-state index contributed by atoms with van der Waals surface area (Å²) in [6, 6.07) is 7.42. The number of benzene rings is 2. The van der Waals surface area contributed by atoms with Crippen LogP contribution in [-0.2, 0) is 0 Å². The lowest BCUT2D eigenvalue weighted by molar-refractivity contribution is 1.60. The maximum atomic E-state index is 5.54. The summed E-state index contributed by atoms with van der Waals surface area (Å²) in [5, 5.41) is 1.72. The Bertz CT molecular complexity index is 740. The molecule has 0 saturated carbocycles. The summed E-state index contributed by atoms with van der Waals surface area (Å²) in [5.41, 5.74) is 2.55. The molecule has 0 atom stereocenters. The Balaban J connectivity index is 3.11. The molecule has 0 heteroatoms. The van der Waals surface area contributed by atoms with E-state index in [9.17, 15) is 0 Å². The third-order valence-corrected chi connectivity index (χ3v) is 2.79. The second kappa shape index (κ2) is 4.44. The number of hydrogen-bond acceptors (Lipinski definition) is 0. The Labute approximate surface area is 107 Å². The van der Waals surface area contributed by atoms with Crippen molar-refractivity contribution >= 4 is 10.8 Å². The molecule has 18 heavy (non-hydrogen) atoms. The fourth-order valence-electron chi connectivity index (χ4n) is 1.96. The van der Waals surface area contributed by atoms with Crippen molar-refractivity contribution in [1.82, 2.24) is 0 Å². The molecule has 2 rings (SSSR count). The van der Waals surface area contributed by atoms with Gasteiger partial charge in [-0.15, -0.1) is 25.7 Å². The fourth-order valence-corrected chi connectivity index (χ4v) is 1.96. The predicted octanol–water partition coefficient (Wildman–Crippen LogP) is 2.77. The van der Waals surface area contributed by atoms with Crippen LogP contribution in [0.2, 0.25) is 0 Å². The molecule has 0 nitrogen and oxygen atoms in total. The number of rotatable bonds is 0. The van der Waals surface area contributed by atoms with Crippen LogP contribution in [0.1, 0.15) is 22.3 Å². The highest BCUT2D eigenvalue weighted by Crippen LogP contribution is 2.27. The van der Waals surface area contributed by atoms with Gasteiger partial charge in [-0.3, -0.25) is 0 Å². The molecule has 2 aromatic carbocycles. The largest absolute Gasteiger partial charge is 0.115 e. The molecule has 0 aliphatic carbocycles. The van der Waals surface area contributed by atoms with Crippen LogP contribution in [0.4, 0.5) is 0 Å². The molecule has 0 heterocycles. The van der Waals surface area contributed by atoms with E-state index in [0.717, 1.165) is 10.8 Å². The molecule has 0 amide bonds. The van der Waals surface area contributed by atoms with Gasteiger partial charge in [0.1, 0.15) is 0 Å². The summed E-state index contributed by atoms with van der Waals surface area (Å²) in [6.45, 7) is 0. The zero-order chi connectivity index (χ0) is 13.1. The maximum absolute atomic E-state index is 5.54. The minimum atomic E-state index is 0.625. The molecule has 0 spiro atoms. The summed E-state index contributed by atoms with van der Waals surface area (Å²) < 4.78 is 0. The first-order valence-corrected chi connectivity index (χ1v) is 5.23. The Morgan fingerprint density at radius 2 is 1.06 bits per heavy atom. The lowest BCUT2D eigenvalue weighted by Crippen LogP contribution is -1.93. The van der Waals surface area contributed by atoms with Gasteiger partial charge in [-0.05, 0) is 17.5 Å². The van der Waals surface area contributed by atoms with Crippen molar-refractivity contribution in [2.45, 2.75) is 0 Å². The molecule has 0 aliphatic rings. The summed E-state index contributed by atoms with van der Waals surface area (Å²) in [5.74, 6) is 10.3. The molecule has 0 aromatic heterocycles. The lowest BCUT2D eigenvalue weighted by Gasteiger charge is -2.08. The van der Waals surface area contributed by atoms with Gasteiger partial charge in [-0.1, -0.05) is 35.8 Å². The van der Waals surface area contributed by atoms with Gasteiger partial charge in [0.2, 0.25) is 0 Å².